The summed E-state index contributed by atoms with van der Waals surface area (Å²) < 4.78 is 43.4. The Morgan fingerprint density at radius 1 is 1.28 bits per heavy atom. The fraction of sp³-hybridized carbons (Fsp3) is 0.529. The third-order valence-electron chi connectivity index (χ3n) is 4.30. The number of esters is 1. The molecule has 0 spiro atoms. The summed E-state index contributed by atoms with van der Waals surface area (Å²) in [5, 5.41) is 0. The van der Waals surface area contributed by atoms with Crippen molar-refractivity contribution in [3.8, 4) is 0 Å². The standard InChI is InChI=1S/C17H21F3N2O3/c1-3-14(16(24)25-2)22-10-9-21(8-7-15(22)23)13-6-4-5-12(11-13)17(18,19)20/h4-6,11,14H,3,7-10H2,1-2H3. The van der Waals surface area contributed by atoms with Crippen LogP contribution in [0.4, 0.5) is 18.9 Å². The number of nitrogens with zero attached hydrogens (tertiary/aromatic N) is 2. The molecule has 1 aromatic carbocycles. The van der Waals surface area contributed by atoms with Gasteiger partial charge in [0, 0.05) is 31.7 Å². The Labute approximate surface area is 144 Å². The van der Waals surface area contributed by atoms with E-state index in [1.165, 1.54) is 18.1 Å². The second-order valence-electron chi connectivity index (χ2n) is 5.82. The Bertz CT molecular complexity index is 634. The monoisotopic (exact) mass is 358 g/mol. The number of methoxy groups -OCH3 is 1. The molecule has 1 aliphatic heterocycles. The molecule has 0 bridgehead atoms. The molecule has 0 saturated carbocycles. The Morgan fingerprint density at radius 3 is 2.60 bits per heavy atom. The van der Waals surface area contributed by atoms with Crippen LogP contribution in [0.1, 0.15) is 25.3 Å². The lowest BCUT2D eigenvalue weighted by Gasteiger charge is -2.28. The maximum Gasteiger partial charge on any atom is 0.416 e. The summed E-state index contributed by atoms with van der Waals surface area (Å²) in [7, 11) is 1.27. The van der Waals surface area contributed by atoms with E-state index in [1.807, 2.05) is 0 Å². The Balaban J connectivity index is 2.18. The van der Waals surface area contributed by atoms with Crippen LogP contribution in [-0.4, -0.2) is 49.6 Å². The first-order valence-electron chi connectivity index (χ1n) is 8.07. The van der Waals surface area contributed by atoms with E-state index in [-0.39, 0.29) is 18.9 Å². The Hall–Kier alpha value is -2.25. The Kier molecular flexibility index (Phi) is 5.92. The van der Waals surface area contributed by atoms with Crippen molar-refractivity contribution in [1.82, 2.24) is 4.90 Å². The molecule has 1 aliphatic rings. The average molecular weight is 358 g/mol. The third kappa shape index (κ3) is 4.43. The van der Waals surface area contributed by atoms with Crippen LogP contribution in [-0.2, 0) is 20.5 Å². The molecule has 1 aromatic rings. The first-order chi connectivity index (χ1) is 11.8. The van der Waals surface area contributed by atoms with Gasteiger partial charge in [0.05, 0.1) is 12.7 Å². The van der Waals surface area contributed by atoms with Gasteiger partial charge in [-0.2, -0.15) is 13.2 Å². The van der Waals surface area contributed by atoms with Crippen molar-refractivity contribution in [3.63, 3.8) is 0 Å². The van der Waals surface area contributed by atoms with Gasteiger partial charge in [-0.15, -0.1) is 0 Å². The molecule has 5 nitrogen and oxygen atoms in total. The summed E-state index contributed by atoms with van der Waals surface area (Å²) in [6, 6.07) is 4.37. The first kappa shape index (κ1) is 19.1. The number of hydrogen-bond acceptors (Lipinski definition) is 4. The van der Waals surface area contributed by atoms with Crippen LogP contribution in [0.5, 0.6) is 0 Å². The molecule has 1 amide bonds. The predicted octanol–water partition coefficient (Wildman–Crippen LogP) is 2.70. The van der Waals surface area contributed by atoms with Crippen molar-refractivity contribution in [1.29, 1.82) is 0 Å². The van der Waals surface area contributed by atoms with Crippen molar-refractivity contribution in [3.05, 3.63) is 29.8 Å². The smallest absolute Gasteiger partial charge is 0.416 e. The van der Waals surface area contributed by atoms with Crippen LogP contribution < -0.4 is 4.90 Å². The number of hydrogen-bond donors (Lipinski definition) is 0. The molecule has 1 saturated heterocycles. The number of carbonyl (C=O) groups excluding carboxylic acids is 2. The second-order valence-corrected chi connectivity index (χ2v) is 5.82. The van der Waals surface area contributed by atoms with Crippen LogP contribution in [0.15, 0.2) is 24.3 Å². The van der Waals surface area contributed by atoms with E-state index < -0.39 is 23.8 Å². The summed E-state index contributed by atoms with van der Waals surface area (Å²) in [5.74, 6) is -0.685. The highest BCUT2D eigenvalue weighted by Gasteiger charge is 2.33. The number of alkyl halides is 3. The highest BCUT2D eigenvalue weighted by molar-refractivity contribution is 5.85. The molecule has 138 valence electrons. The van der Waals surface area contributed by atoms with E-state index in [0.29, 0.717) is 25.2 Å². The lowest BCUT2D eigenvalue weighted by Crippen LogP contribution is -2.46. The molecule has 1 fully saturated rings. The topological polar surface area (TPSA) is 49.9 Å². The molecule has 0 radical (unpaired) electrons. The fourth-order valence-electron chi connectivity index (χ4n) is 2.96. The molecule has 0 aliphatic carbocycles. The third-order valence-corrected chi connectivity index (χ3v) is 4.30. The predicted molar refractivity (Wildman–Crippen MR) is 86.1 cm³/mol. The van der Waals surface area contributed by atoms with E-state index in [2.05, 4.69) is 0 Å². The number of rotatable bonds is 4. The molecule has 2 rings (SSSR count). The van der Waals surface area contributed by atoms with Gasteiger partial charge in [-0.1, -0.05) is 13.0 Å². The lowest BCUT2D eigenvalue weighted by molar-refractivity contribution is -0.152. The van der Waals surface area contributed by atoms with Gasteiger partial charge in [-0.25, -0.2) is 4.79 Å². The van der Waals surface area contributed by atoms with Crippen molar-refractivity contribution >= 4 is 17.6 Å². The number of ether oxygens (including phenoxy) is 1. The van der Waals surface area contributed by atoms with Crippen LogP contribution >= 0.6 is 0 Å². The first-order valence-corrected chi connectivity index (χ1v) is 8.07. The van der Waals surface area contributed by atoms with Crippen molar-refractivity contribution < 1.29 is 27.5 Å². The minimum absolute atomic E-state index is 0.129. The van der Waals surface area contributed by atoms with Crippen molar-refractivity contribution in [2.45, 2.75) is 32.0 Å². The highest BCUT2D eigenvalue weighted by atomic mass is 19.4. The quantitative estimate of drug-likeness (QED) is 0.777. The minimum atomic E-state index is -4.41. The summed E-state index contributed by atoms with van der Waals surface area (Å²) in [4.78, 5) is 27.4. The summed E-state index contributed by atoms with van der Waals surface area (Å²) in [5.41, 5.74) is -0.311. The van der Waals surface area contributed by atoms with Crippen molar-refractivity contribution in [2.75, 3.05) is 31.6 Å². The zero-order valence-corrected chi connectivity index (χ0v) is 14.2. The largest absolute Gasteiger partial charge is 0.467 e. The van der Waals surface area contributed by atoms with Gasteiger partial charge in [0.15, 0.2) is 0 Å². The number of benzene rings is 1. The second kappa shape index (κ2) is 7.76. The van der Waals surface area contributed by atoms with Crippen LogP contribution in [0.25, 0.3) is 0 Å². The number of carbonyl (C=O) groups is 2. The SMILES string of the molecule is CCC(C(=O)OC)N1CCN(c2cccc(C(F)(F)F)c2)CCC1=O. The van der Waals surface area contributed by atoms with E-state index in [1.54, 1.807) is 17.9 Å². The maximum atomic E-state index is 12.9. The van der Waals surface area contributed by atoms with E-state index >= 15 is 0 Å². The molecule has 25 heavy (non-hydrogen) atoms. The van der Waals surface area contributed by atoms with Gasteiger partial charge in [-0.05, 0) is 24.6 Å². The molecule has 8 heteroatoms. The van der Waals surface area contributed by atoms with E-state index in [0.717, 1.165) is 12.1 Å². The minimum Gasteiger partial charge on any atom is -0.467 e. The molecule has 0 aromatic heterocycles. The van der Waals surface area contributed by atoms with E-state index in [9.17, 15) is 22.8 Å². The molecule has 1 atom stereocenters. The molecular weight excluding hydrogens is 337 g/mol. The lowest BCUT2D eigenvalue weighted by atomic mass is 10.1. The van der Waals surface area contributed by atoms with Crippen LogP contribution in [0.3, 0.4) is 0 Å². The fourth-order valence-corrected chi connectivity index (χ4v) is 2.96. The van der Waals surface area contributed by atoms with Gasteiger partial charge in [0.1, 0.15) is 6.04 Å². The number of amides is 1. The van der Waals surface area contributed by atoms with Gasteiger partial charge < -0.3 is 14.5 Å². The molecule has 1 unspecified atom stereocenters. The van der Waals surface area contributed by atoms with Crippen LogP contribution in [0.2, 0.25) is 0 Å². The summed E-state index contributed by atoms with van der Waals surface area (Å²) in [6.45, 7) is 2.68. The molecule has 1 heterocycles. The Morgan fingerprint density at radius 2 is 2.00 bits per heavy atom. The zero-order chi connectivity index (χ0) is 18.6. The van der Waals surface area contributed by atoms with Gasteiger partial charge in [-0.3, -0.25) is 4.79 Å². The summed E-state index contributed by atoms with van der Waals surface area (Å²) in [6.07, 6.45) is -3.87. The van der Waals surface area contributed by atoms with Gasteiger partial charge in [0.2, 0.25) is 5.91 Å². The normalized spacial score (nSPS) is 17.2. The molecular formula is C17H21F3N2O3. The molecule has 0 N–H and O–H groups in total. The highest BCUT2D eigenvalue weighted by Crippen LogP contribution is 2.32. The summed E-state index contributed by atoms with van der Waals surface area (Å²) >= 11 is 0. The number of anilines is 1. The van der Waals surface area contributed by atoms with Crippen LogP contribution in [0, 0.1) is 0 Å². The van der Waals surface area contributed by atoms with E-state index in [4.69, 9.17) is 4.74 Å². The van der Waals surface area contributed by atoms with Gasteiger partial charge >= 0.3 is 12.1 Å². The van der Waals surface area contributed by atoms with Crippen molar-refractivity contribution in [2.24, 2.45) is 0 Å². The number of halogens is 3. The maximum absolute atomic E-state index is 12.9. The van der Waals surface area contributed by atoms with Gasteiger partial charge in [0.25, 0.3) is 0 Å². The average Bonchev–Trinajstić information content (AvgIpc) is 2.77. The zero-order valence-electron chi connectivity index (χ0n) is 14.2.